The average molecular weight is 411 g/mol. The molecule has 0 amide bonds. The van der Waals surface area contributed by atoms with Crippen molar-refractivity contribution < 1.29 is 17.9 Å². The Labute approximate surface area is 167 Å². The normalized spacial score (nSPS) is 20.4. The summed E-state index contributed by atoms with van der Waals surface area (Å²) < 4.78 is 34.3. The fraction of sp³-hybridized carbons (Fsp3) is 0.684. The van der Waals surface area contributed by atoms with E-state index in [0.717, 1.165) is 44.5 Å². The first-order valence-electron chi connectivity index (χ1n) is 10.2. The molecule has 2 aliphatic rings. The number of nitrogens with zero attached hydrogens (tertiary/aromatic N) is 4. The first kappa shape index (κ1) is 21.0. The van der Waals surface area contributed by atoms with E-state index in [1.165, 1.54) is 6.20 Å². The Bertz CT molecular complexity index is 746. The van der Waals surface area contributed by atoms with Crippen molar-refractivity contribution in [2.45, 2.75) is 39.0 Å². The molecule has 8 nitrogen and oxygen atoms in total. The van der Waals surface area contributed by atoms with Gasteiger partial charge < -0.3 is 9.64 Å². The zero-order valence-electron chi connectivity index (χ0n) is 16.5. The maximum absolute atomic E-state index is 13.0. The zero-order chi connectivity index (χ0) is 20.0. The van der Waals surface area contributed by atoms with Crippen LogP contribution in [0.15, 0.2) is 18.3 Å². The number of carbonyl (C=O) groups excluding carboxylic acids is 1. The number of anilines is 1. The zero-order valence-corrected chi connectivity index (χ0v) is 17.4. The lowest BCUT2D eigenvalue weighted by atomic mass is 10.2. The molecule has 0 bridgehead atoms. The quantitative estimate of drug-likeness (QED) is 0.690. The summed E-state index contributed by atoms with van der Waals surface area (Å²) in [5, 5.41) is 0. The highest BCUT2D eigenvalue weighted by atomic mass is 32.2. The lowest BCUT2D eigenvalue weighted by Crippen LogP contribution is -2.45. The van der Waals surface area contributed by atoms with Crippen molar-refractivity contribution in [3.8, 4) is 0 Å². The van der Waals surface area contributed by atoms with E-state index in [1.54, 1.807) is 27.7 Å². The van der Waals surface area contributed by atoms with Crippen LogP contribution in [0.25, 0.3) is 0 Å². The molecule has 2 aliphatic heterocycles. The molecule has 3 rings (SSSR count). The molecular formula is C19H30N4O4S. The van der Waals surface area contributed by atoms with Crippen LogP contribution in [-0.4, -0.2) is 73.9 Å². The fourth-order valence-electron chi connectivity index (χ4n) is 3.70. The van der Waals surface area contributed by atoms with E-state index in [-0.39, 0.29) is 5.97 Å². The summed E-state index contributed by atoms with van der Waals surface area (Å²) in [5.74, 6) is 0.370. The van der Waals surface area contributed by atoms with Crippen molar-refractivity contribution in [1.82, 2.24) is 13.6 Å². The lowest BCUT2D eigenvalue weighted by Gasteiger charge is -2.28. The molecule has 0 aliphatic carbocycles. The van der Waals surface area contributed by atoms with E-state index in [2.05, 4.69) is 9.88 Å². The van der Waals surface area contributed by atoms with Gasteiger partial charge in [0.25, 0.3) is 10.2 Å². The van der Waals surface area contributed by atoms with Gasteiger partial charge in [0.05, 0.1) is 12.2 Å². The number of rotatable bonds is 5. The second-order valence-corrected chi connectivity index (χ2v) is 9.11. The average Bonchev–Trinajstić information content (AvgIpc) is 3.12. The number of carbonyl (C=O) groups is 1. The second-order valence-electron chi connectivity index (χ2n) is 7.19. The minimum Gasteiger partial charge on any atom is -0.462 e. The van der Waals surface area contributed by atoms with Gasteiger partial charge in [-0.1, -0.05) is 12.8 Å². The van der Waals surface area contributed by atoms with E-state index in [4.69, 9.17) is 4.74 Å². The first-order chi connectivity index (χ1) is 13.5. The van der Waals surface area contributed by atoms with Crippen molar-refractivity contribution in [2.24, 2.45) is 0 Å². The highest BCUT2D eigenvalue weighted by Gasteiger charge is 2.31. The molecule has 2 fully saturated rings. The third-order valence-corrected chi connectivity index (χ3v) is 7.29. The van der Waals surface area contributed by atoms with E-state index in [0.29, 0.717) is 44.9 Å². The van der Waals surface area contributed by atoms with E-state index in [1.807, 2.05) is 0 Å². The number of aromatic nitrogens is 1. The van der Waals surface area contributed by atoms with Gasteiger partial charge in [-0.3, -0.25) is 0 Å². The molecule has 0 saturated carbocycles. The van der Waals surface area contributed by atoms with Gasteiger partial charge >= 0.3 is 5.97 Å². The fourth-order valence-corrected chi connectivity index (χ4v) is 5.42. The third kappa shape index (κ3) is 5.01. The van der Waals surface area contributed by atoms with Crippen LogP contribution in [0.3, 0.4) is 0 Å². The maximum Gasteiger partial charge on any atom is 0.339 e. The van der Waals surface area contributed by atoms with E-state index >= 15 is 0 Å². The van der Waals surface area contributed by atoms with Gasteiger partial charge in [0.2, 0.25) is 0 Å². The number of pyridine rings is 1. The van der Waals surface area contributed by atoms with Crippen LogP contribution in [0, 0.1) is 0 Å². The van der Waals surface area contributed by atoms with Crippen LogP contribution < -0.4 is 4.90 Å². The molecule has 0 radical (unpaired) electrons. The highest BCUT2D eigenvalue weighted by Crippen LogP contribution is 2.20. The lowest BCUT2D eigenvalue weighted by molar-refractivity contribution is 0.0526. The Morgan fingerprint density at radius 3 is 2.29 bits per heavy atom. The van der Waals surface area contributed by atoms with E-state index in [9.17, 15) is 13.2 Å². The molecule has 3 heterocycles. The van der Waals surface area contributed by atoms with Crippen LogP contribution in [0.1, 0.15) is 49.4 Å². The largest absolute Gasteiger partial charge is 0.462 e. The Hall–Kier alpha value is -1.71. The molecule has 0 spiro atoms. The summed E-state index contributed by atoms with van der Waals surface area (Å²) in [6, 6.07) is 3.50. The van der Waals surface area contributed by atoms with Crippen molar-refractivity contribution >= 4 is 22.0 Å². The Kier molecular flexibility index (Phi) is 7.25. The molecule has 0 atom stereocenters. The van der Waals surface area contributed by atoms with Gasteiger partial charge in [0.1, 0.15) is 5.82 Å². The maximum atomic E-state index is 13.0. The summed E-state index contributed by atoms with van der Waals surface area (Å²) in [6.07, 6.45) is 6.35. The van der Waals surface area contributed by atoms with Crippen molar-refractivity contribution in [1.29, 1.82) is 0 Å². The molecule has 9 heteroatoms. The van der Waals surface area contributed by atoms with Crippen LogP contribution in [0.5, 0.6) is 0 Å². The van der Waals surface area contributed by atoms with Crippen molar-refractivity contribution in [3.63, 3.8) is 0 Å². The second kappa shape index (κ2) is 9.67. The molecule has 0 unspecified atom stereocenters. The summed E-state index contributed by atoms with van der Waals surface area (Å²) >= 11 is 0. The van der Waals surface area contributed by atoms with Gasteiger partial charge in [0, 0.05) is 45.5 Å². The highest BCUT2D eigenvalue weighted by molar-refractivity contribution is 7.86. The molecule has 156 valence electrons. The molecule has 1 aromatic rings. The molecule has 1 aromatic heterocycles. The summed E-state index contributed by atoms with van der Waals surface area (Å²) in [5.41, 5.74) is 0.422. The number of hydrogen-bond acceptors (Lipinski definition) is 6. The Balaban J connectivity index is 1.63. The molecule has 0 N–H and O–H groups in total. The van der Waals surface area contributed by atoms with E-state index < -0.39 is 10.2 Å². The van der Waals surface area contributed by atoms with Crippen LogP contribution >= 0.6 is 0 Å². The monoisotopic (exact) mass is 410 g/mol. The number of esters is 1. The topological polar surface area (TPSA) is 83.0 Å². The number of hydrogen-bond donors (Lipinski definition) is 0. The Morgan fingerprint density at radius 2 is 1.64 bits per heavy atom. The van der Waals surface area contributed by atoms with Crippen LogP contribution in [-0.2, 0) is 14.9 Å². The molecule has 0 aromatic carbocycles. The van der Waals surface area contributed by atoms with Gasteiger partial charge in [0.15, 0.2) is 0 Å². The van der Waals surface area contributed by atoms with Crippen LogP contribution in [0.4, 0.5) is 5.82 Å². The standard InChI is InChI=1S/C19H30N4O4S/c1-2-27-19(24)17-8-9-18(20-16-17)21-10-7-13-23(15-14-21)28(25,26)22-11-5-3-4-6-12-22/h8-9,16H,2-7,10-15H2,1H3. The minimum atomic E-state index is -3.40. The van der Waals surface area contributed by atoms with Gasteiger partial charge in [-0.2, -0.15) is 17.0 Å². The third-order valence-electron chi connectivity index (χ3n) is 5.26. The summed E-state index contributed by atoms with van der Waals surface area (Å²) in [6.45, 7) is 5.63. The molecular weight excluding hydrogens is 380 g/mol. The predicted octanol–water partition coefficient (Wildman–Crippen LogP) is 1.89. The Morgan fingerprint density at radius 1 is 0.964 bits per heavy atom. The van der Waals surface area contributed by atoms with Crippen LogP contribution in [0.2, 0.25) is 0 Å². The van der Waals surface area contributed by atoms with Gasteiger partial charge in [-0.05, 0) is 38.3 Å². The minimum absolute atomic E-state index is 0.327. The predicted molar refractivity (Wildman–Crippen MR) is 108 cm³/mol. The van der Waals surface area contributed by atoms with Gasteiger partial charge in [-0.15, -0.1) is 0 Å². The summed E-state index contributed by atoms with van der Waals surface area (Å²) in [7, 11) is -3.40. The van der Waals surface area contributed by atoms with Crippen molar-refractivity contribution in [3.05, 3.63) is 23.9 Å². The van der Waals surface area contributed by atoms with Crippen molar-refractivity contribution in [2.75, 3.05) is 50.8 Å². The molecule has 28 heavy (non-hydrogen) atoms. The first-order valence-corrected chi connectivity index (χ1v) is 11.6. The number of ether oxygens (including phenoxy) is 1. The van der Waals surface area contributed by atoms with Gasteiger partial charge in [-0.25, -0.2) is 9.78 Å². The molecule has 2 saturated heterocycles. The summed E-state index contributed by atoms with van der Waals surface area (Å²) in [4.78, 5) is 18.2. The smallest absolute Gasteiger partial charge is 0.339 e. The SMILES string of the molecule is CCOC(=O)c1ccc(N2CCCN(S(=O)(=O)N3CCCCCC3)CC2)nc1.